The summed E-state index contributed by atoms with van der Waals surface area (Å²) in [6.07, 6.45) is 2.35. The SMILES string of the molecule is CC(C)C[C@H](N)C(=O)NC1(c2cccc(F)c2)CC1. The first-order valence-corrected chi connectivity index (χ1v) is 6.76. The molecule has 0 spiro atoms. The molecular weight excluding hydrogens is 243 g/mol. The standard InChI is InChI=1S/C15H21FN2O/c1-10(2)8-13(17)14(19)18-15(6-7-15)11-4-3-5-12(16)9-11/h3-5,9-10,13H,6-8,17H2,1-2H3,(H,18,19)/t13-/m0/s1. The largest absolute Gasteiger partial charge is 0.345 e. The third-order valence-corrected chi connectivity index (χ3v) is 3.55. The van der Waals surface area contributed by atoms with Crippen LogP contribution >= 0.6 is 0 Å². The van der Waals surface area contributed by atoms with Crippen LogP contribution in [0.3, 0.4) is 0 Å². The summed E-state index contributed by atoms with van der Waals surface area (Å²) in [6.45, 7) is 4.07. The van der Waals surface area contributed by atoms with Gasteiger partial charge in [-0.1, -0.05) is 26.0 Å². The van der Waals surface area contributed by atoms with Crippen molar-refractivity contribution in [3.05, 3.63) is 35.6 Å². The van der Waals surface area contributed by atoms with E-state index >= 15 is 0 Å². The van der Waals surface area contributed by atoms with Crippen LogP contribution in [0.25, 0.3) is 0 Å². The Morgan fingerprint density at radius 2 is 2.16 bits per heavy atom. The molecule has 3 nitrogen and oxygen atoms in total. The highest BCUT2D eigenvalue weighted by molar-refractivity contribution is 5.82. The fraction of sp³-hybridized carbons (Fsp3) is 0.533. The lowest BCUT2D eigenvalue weighted by molar-refractivity contribution is -0.123. The highest BCUT2D eigenvalue weighted by Gasteiger charge is 2.46. The van der Waals surface area contributed by atoms with Gasteiger partial charge in [0.05, 0.1) is 11.6 Å². The van der Waals surface area contributed by atoms with E-state index in [0.717, 1.165) is 18.4 Å². The second-order valence-corrected chi connectivity index (χ2v) is 5.82. The molecule has 2 rings (SSSR count). The summed E-state index contributed by atoms with van der Waals surface area (Å²) in [6, 6.07) is 5.92. The number of halogens is 1. The highest BCUT2D eigenvalue weighted by Crippen LogP contribution is 2.45. The fourth-order valence-corrected chi connectivity index (χ4v) is 2.34. The van der Waals surface area contributed by atoms with E-state index in [0.29, 0.717) is 12.3 Å². The second kappa shape index (κ2) is 5.29. The van der Waals surface area contributed by atoms with Gasteiger partial charge in [0.15, 0.2) is 0 Å². The van der Waals surface area contributed by atoms with Crippen molar-refractivity contribution in [1.82, 2.24) is 5.32 Å². The molecule has 1 amide bonds. The third kappa shape index (κ3) is 3.32. The molecular formula is C15H21FN2O. The number of hydrogen-bond donors (Lipinski definition) is 2. The van der Waals surface area contributed by atoms with E-state index in [2.05, 4.69) is 5.32 Å². The Bertz CT molecular complexity index is 469. The average Bonchev–Trinajstić information content (AvgIpc) is 3.09. The Morgan fingerprint density at radius 1 is 1.47 bits per heavy atom. The molecule has 1 atom stereocenters. The van der Waals surface area contributed by atoms with Crippen molar-refractivity contribution >= 4 is 5.91 Å². The molecule has 3 N–H and O–H groups in total. The summed E-state index contributed by atoms with van der Waals surface area (Å²) in [7, 11) is 0. The lowest BCUT2D eigenvalue weighted by Gasteiger charge is -2.21. The Balaban J connectivity index is 2.04. The maximum atomic E-state index is 13.3. The molecule has 0 aliphatic heterocycles. The molecule has 1 aromatic carbocycles. The Labute approximate surface area is 113 Å². The molecule has 4 heteroatoms. The predicted octanol–water partition coefficient (Wildman–Crippen LogP) is 2.30. The van der Waals surface area contributed by atoms with Crippen molar-refractivity contribution < 1.29 is 9.18 Å². The summed E-state index contributed by atoms with van der Waals surface area (Å²) in [5.74, 6) is -0.0370. The van der Waals surface area contributed by atoms with Crippen LogP contribution < -0.4 is 11.1 Å². The number of carbonyl (C=O) groups is 1. The van der Waals surface area contributed by atoms with Gasteiger partial charge in [0, 0.05) is 0 Å². The first-order valence-electron chi connectivity index (χ1n) is 6.76. The van der Waals surface area contributed by atoms with Crippen LogP contribution in [0.4, 0.5) is 4.39 Å². The van der Waals surface area contributed by atoms with E-state index < -0.39 is 11.6 Å². The Morgan fingerprint density at radius 3 is 2.68 bits per heavy atom. The number of nitrogens with one attached hydrogen (secondary N) is 1. The number of benzene rings is 1. The summed E-state index contributed by atoms with van der Waals surface area (Å²) in [5, 5.41) is 2.99. The van der Waals surface area contributed by atoms with E-state index in [4.69, 9.17) is 5.73 Å². The van der Waals surface area contributed by atoms with Crippen LogP contribution in [0.15, 0.2) is 24.3 Å². The molecule has 104 valence electrons. The van der Waals surface area contributed by atoms with Gasteiger partial charge >= 0.3 is 0 Å². The van der Waals surface area contributed by atoms with Crippen molar-refractivity contribution in [3.8, 4) is 0 Å². The van der Waals surface area contributed by atoms with Crippen LogP contribution in [0.2, 0.25) is 0 Å². The van der Waals surface area contributed by atoms with Gasteiger partial charge < -0.3 is 11.1 Å². The van der Waals surface area contributed by atoms with Crippen molar-refractivity contribution in [2.24, 2.45) is 11.7 Å². The van der Waals surface area contributed by atoms with Gasteiger partial charge in [0.1, 0.15) is 5.82 Å². The molecule has 0 radical (unpaired) electrons. The van der Waals surface area contributed by atoms with E-state index in [9.17, 15) is 9.18 Å². The van der Waals surface area contributed by atoms with Crippen LogP contribution in [-0.2, 0) is 10.3 Å². The molecule has 1 fully saturated rings. The van der Waals surface area contributed by atoms with Crippen LogP contribution in [0.5, 0.6) is 0 Å². The van der Waals surface area contributed by atoms with E-state index in [1.807, 2.05) is 19.9 Å². The normalized spacial score (nSPS) is 18.2. The number of rotatable bonds is 5. The van der Waals surface area contributed by atoms with Gasteiger partial charge in [0.25, 0.3) is 0 Å². The minimum atomic E-state index is -0.494. The van der Waals surface area contributed by atoms with Gasteiger partial charge in [-0.3, -0.25) is 4.79 Å². The Hall–Kier alpha value is -1.42. The second-order valence-electron chi connectivity index (χ2n) is 5.82. The summed E-state index contributed by atoms with van der Waals surface area (Å²) >= 11 is 0. The van der Waals surface area contributed by atoms with Gasteiger partial charge in [-0.25, -0.2) is 4.39 Å². The van der Waals surface area contributed by atoms with Crippen molar-refractivity contribution in [1.29, 1.82) is 0 Å². The van der Waals surface area contributed by atoms with Gasteiger partial charge in [-0.15, -0.1) is 0 Å². The van der Waals surface area contributed by atoms with Crippen LogP contribution in [0, 0.1) is 11.7 Å². The minimum Gasteiger partial charge on any atom is -0.345 e. The van der Waals surface area contributed by atoms with Crippen molar-refractivity contribution in [2.75, 3.05) is 0 Å². The van der Waals surface area contributed by atoms with Gasteiger partial charge in [-0.05, 0) is 42.9 Å². The van der Waals surface area contributed by atoms with Gasteiger partial charge in [-0.2, -0.15) is 0 Å². The molecule has 0 bridgehead atoms. The van der Waals surface area contributed by atoms with E-state index in [1.165, 1.54) is 12.1 Å². The molecule has 1 aromatic rings. The summed E-state index contributed by atoms with van der Waals surface area (Å²) in [5.41, 5.74) is 6.31. The van der Waals surface area contributed by atoms with Gasteiger partial charge in [0.2, 0.25) is 5.91 Å². The summed E-state index contributed by atoms with van der Waals surface area (Å²) < 4.78 is 13.3. The van der Waals surface area contributed by atoms with Crippen molar-refractivity contribution in [2.45, 2.75) is 44.7 Å². The quantitative estimate of drug-likeness (QED) is 0.857. The zero-order chi connectivity index (χ0) is 14.0. The highest BCUT2D eigenvalue weighted by atomic mass is 19.1. The molecule has 0 unspecified atom stereocenters. The molecule has 0 aromatic heterocycles. The van der Waals surface area contributed by atoms with Crippen LogP contribution in [0.1, 0.15) is 38.7 Å². The minimum absolute atomic E-state index is 0.143. The average molecular weight is 264 g/mol. The monoisotopic (exact) mass is 264 g/mol. The molecule has 0 heterocycles. The molecule has 19 heavy (non-hydrogen) atoms. The maximum Gasteiger partial charge on any atom is 0.237 e. The predicted molar refractivity (Wildman–Crippen MR) is 72.9 cm³/mol. The van der Waals surface area contributed by atoms with E-state index in [1.54, 1.807) is 6.07 Å². The summed E-state index contributed by atoms with van der Waals surface area (Å²) in [4.78, 5) is 12.1. The number of amides is 1. The molecule has 1 aliphatic rings. The lowest BCUT2D eigenvalue weighted by atomic mass is 10.0. The first kappa shape index (κ1) is 14.0. The smallest absolute Gasteiger partial charge is 0.237 e. The van der Waals surface area contributed by atoms with Crippen LogP contribution in [-0.4, -0.2) is 11.9 Å². The molecule has 1 aliphatic carbocycles. The lowest BCUT2D eigenvalue weighted by Crippen LogP contribution is -2.46. The zero-order valence-electron chi connectivity index (χ0n) is 11.4. The number of carbonyl (C=O) groups excluding carboxylic acids is 1. The fourth-order valence-electron chi connectivity index (χ4n) is 2.34. The molecule has 1 saturated carbocycles. The third-order valence-electron chi connectivity index (χ3n) is 3.55. The Kier molecular flexibility index (Phi) is 3.90. The van der Waals surface area contributed by atoms with Crippen molar-refractivity contribution in [3.63, 3.8) is 0 Å². The maximum absolute atomic E-state index is 13.3. The number of nitrogens with two attached hydrogens (primary N) is 1. The molecule has 0 saturated heterocycles. The topological polar surface area (TPSA) is 55.1 Å². The van der Waals surface area contributed by atoms with E-state index in [-0.39, 0.29) is 11.7 Å². The first-order chi connectivity index (χ1) is 8.93. The zero-order valence-corrected chi connectivity index (χ0v) is 11.4. The number of hydrogen-bond acceptors (Lipinski definition) is 2.